The van der Waals surface area contributed by atoms with Gasteiger partial charge in [0.1, 0.15) is 0 Å². The summed E-state index contributed by atoms with van der Waals surface area (Å²) in [5, 5.41) is 3.61. The summed E-state index contributed by atoms with van der Waals surface area (Å²) >= 11 is 0. The normalized spacial score (nSPS) is 35.4. The van der Waals surface area contributed by atoms with Gasteiger partial charge in [0.05, 0.1) is 12.2 Å². The molecule has 0 aromatic heterocycles. The molecule has 1 aliphatic heterocycles. The highest BCUT2D eigenvalue weighted by atomic mass is 16.2. The molecule has 0 radical (unpaired) electrons. The van der Waals surface area contributed by atoms with Crippen LogP contribution in [0, 0.1) is 17.8 Å². The fourth-order valence-electron chi connectivity index (χ4n) is 3.76. The first-order valence-electron chi connectivity index (χ1n) is 8.48. The Kier molecular flexibility index (Phi) is 5.11. The van der Waals surface area contributed by atoms with Gasteiger partial charge in [-0.2, -0.15) is 0 Å². The highest BCUT2D eigenvalue weighted by Gasteiger charge is 2.43. The summed E-state index contributed by atoms with van der Waals surface area (Å²) in [5.41, 5.74) is 0. The van der Waals surface area contributed by atoms with E-state index in [-0.39, 0.29) is 12.2 Å². The highest BCUT2D eigenvalue weighted by Crippen LogP contribution is 2.32. The van der Waals surface area contributed by atoms with Gasteiger partial charge >= 0.3 is 0 Å². The Hall–Kier alpha value is -0.570. The third kappa shape index (κ3) is 3.36. The summed E-state index contributed by atoms with van der Waals surface area (Å²) in [7, 11) is 0. The molecule has 20 heavy (non-hydrogen) atoms. The van der Waals surface area contributed by atoms with Gasteiger partial charge in [-0.25, -0.2) is 0 Å². The van der Waals surface area contributed by atoms with Gasteiger partial charge < -0.3 is 4.90 Å². The molecule has 2 unspecified atom stereocenters. The zero-order chi connectivity index (χ0) is 14.9. The van der Waals surface area contributed by atoms with Crippen molar-refractivity contribution in [3.05, 3.63) is 0 Å². The van der Waals surface area contributed by atoms with E-state index in [2.05, 4.69) is 44.8 Å². The number of amides is 1. The zero-order valence-electron chi connectivity index (χ0n) is 13.9. The lowest BCUT2D eigenvalue weighted by Gasteiger charge is -2.38. The van der Waals surface area contributed by atoms with E-state index in [0.717, 1.165) is 12.3 Å². The maximum atomic E-state index is 12.8. The van der Waals surface area contributed by atoms with Crippen molar-refractivity contribution in [2.24, 2.45) is 17.8 Å². The summed E-state index contributed by atoms with van der Waals surface area (Å²) in [6.07, 6.45) is 6.12. The molecule has 1 heterocycles. The minimum Gasteiger partial charge on any atom is -0.323 e. The second kappa shape index (κ2) is 6.46. The van der Waals surface area contributed by atoms with Crippen LogP contribution in [0.3, 0.4) is 0 Å². The van der Waals surface area contributed by atoms with Gasteiger partial charge in [-0.1, -0.05) is 34.6 Å². The first-order chi connectivity index (χ1) is 9.40. The number of nitrogens with zero attached hydrogens (tertiary/aromatic N) is 1. The van der Waals surface area contributed by atoms with Gasteiger partial charge in [0, 0.05) is 6.04 Å². The average Bonchev–Trinajstić information content (AvgIpc) is 2.68. The topological polar surface area (TPSA) is 32.3 Å². The third-order valence-corrected chi connectivity index (χ3v) is 4.94. The minimum absolute atomic E-state index is 0.0433. The zero-order valence-corrected chi connectivity index (χ0v) is 13.9. The highest BCUT2D eigenvalue weighted by molar-refractivity contribution is 5.84. The summed E-state index contributed by atoms with van der Waals surface area (Å²) in [6.45, 7) is 11.2. The maximum absolute atomic E-state index is 12.8. The molecule has 1 amide bonds. The van der Waals surface area contributed by atoms with Gasteiger partial charge in [0.25, 0.3) is 0 Å². The van der Waals surface area contributed by atoms with Crippen LogP contribution < -0.4 is 5.32 Å². The molecule has 0 spiro atoms. The number of nitrogens with one attached hydrogen (secondary N) is 1. The van der Waals surface area contributed by atoms with Crippen molar-refractivity contribution in [2.75, 3.05) is 0 Å². The molecule has 116 valence electrons. The molecule has 2 rings (SSSR count). The van der Waals surface area contributed by atoms with Crippen LogP contribution in [-0.2, 0) is 4.79 Å². The van der Waals surface area contributed by atoms with E-state index >= 15 is 0 Å². The fraction of sp³-hybridized carbons (Fsp3) is 0.941. The van der Waals surface area contributed by atoms with Crippen molar-refractivity contribution in [1.29, 1.82) is 0 Å². The molecule has 1 saturated carbocycles. The van der Waals surface area contributed by atoms with Crippen LogP contribution >= 0.6 is 0 Å². The Morgan fingerprint density at radius 2 is 1.75 bits per heavy atom. The Balaban J connectivity index is 2.09. The number of carbonyl (C=O) groups is 1. The predicted molar refractivity (Wildman–Crippen MR) is 83.3 cm³/mol. The number of rotatable bonds is 4. The quantitative estimate of drug-likeness (QED) is 0.856. The molecule has 0 aromatic carbocycles. The molecule has 1 saturated heterocycles. The molecule has 1 N–H and O–H groups in total. The third-order valence-electron chi connectivity index (χ3n) is 4.94. The second-order valence-electron chi connectivity index (χ2n) is 7.70. The van der Waals surface area contributed by atoms with Crippen molar-refractivity contribution in [2.45, 2.75) is 85.0 Å². The van der Waals surface area contributed by atoms with Crippen molar-refractivity contribution < 1.29 is 4.79 Å². The molecule has 0 bridgehead atoms. The standard InChI is InChI=1S/C17H32N2O/c1-11(2)10-15-17(20)19(16(18-15)12(3)4)14-8-6-13(5)7-9-14/h11-16,18H,6-10H2,1-5H3. The van der Waals surface area contributed by atoms with Crippen LogP contribution in [-0.4, -0.2) is 29.1 Å². The van der Waals surface area contributed by atoms with E-state index < -0.39 is 0 Å². The van der Waals surface area contributed by atoms with Gasteiger partial charge in [0.2, 0.25) is 5.91 Å². The van der Waals surface area contributed by atoms with E-state index in [9.17, 15) is 4.79 Å². The first-order valence-corrected chi connectivity index (χ1v) is 8.48. The Labute approximate surface area is 124 Å². The molecule has 0 aromatic rings. The molecule has 1 aliphatic carbocycles. The van der Waals surface area contributed by atoms with Crippen molar-refractivity contribution >= 4 is 5.91 Å². The van der Waals surface area contributed by atoms with E-state index in [0.29, 0.717) is 23.8 Å². The smallest absolute Gasteiger partial charge is 0.241 e. The first kappa shape index (κ1) is 15.8. The van der Waals surface area contributed by atoms with Gasteiger partial charge in [-0.05, 0) is 49.9 Å². The largest absolute Gasteiger partial charge is 0.323 e. The van der Waals surface area contributed by atoms with E-state index in [1.54, 1.807) is 0 Å². The van der Waals surface area contributed by atoms with Crippen LogP contribution in [0.1, 0.15) is 66.7 Å². The van der Waals surface area contributed by atoms with E-state index in [4.69, 9.17) is 0 Å². The minimum atomic E-state index is 0.0433. The Morgan fingerprint density at radius 3 is 2.25 bits per heavy atom. The van der Waals surface area contributed by atoms with Crippen LogP contribution in [0.2, 0.25) is 0 Å². The van der Waals surface area contributed by atoms with Gasteiger partial charge in [-0.3, -0.25) is 10.1 Å². The molecule has 2 aliphatic rings. The summed E-state index contributed by atoms with van der Waals surface area (Å²) < 4.78 is 0. The maximum Gasteiger partial charge on any atom is 0.241 e. The summed E-state index contributed by atoms with van der Waals surface area (Å²) in [5.74, 6) is 2.24. The SMILES string of the molecule is CC(C)CC1NC(C(C)C)N(C2CCC(C)CC2)C1=O. The lowest BCUT2D eigenvalue weighted by atomic mass is 9.86. The molecule has 2 fully saturated rings. The molecular formula is C17H32N2O. The second-order valence-corrected chi connectivity index (χ2v) is 7.70. The van der Waals surface area contributed by atoms with Crippen molar-refractivity contribution in [3.8, 4) is 0 Å². The van der Waals surface area contributed by atoms with Crippen LogP contribution in [0.15, 0.2) is 0 Å². The van der Waals surface area contributed by atoms with E-state index in [1.807, 2.05) is 0 Å². The fourth-order valence-corrected chi connectivity index (χ4v) is 3.76. The van der Waals surface area contributed by atoms with Crippen LogP contribution in [0.5, 0.6) is 0 Å². The van der Waals surface area contributed by atoms with E-state index in [1.165, 1.54) is 25.7 Å². The molecule has 3 heteroatoms. The predicted octanol–water partition coefficient (Wildman–Crippen LogP) is 3.39. The molecular weight excluding hydrogens is 248 g/mol. The Bertz CT molecular complexity index is 332. The molecule has 3 nitrogen and oxygen atoms in total. The number of hydrogen-bond acceptors (Lipinski definition) is 2. The number of carbonyl (C=O) groups excluding carboxylic acids is 1. The van der Waals surface area contributed by atoms with Crippen molar-refractivity contribution in [1.82, 2.24) is 10.2 Å². The lowest BCUT2D eigenvalue weighted by Crippen LogP contribution is -2.48. The van der Waals surface area contributed by atoms with Crippen LogP contribution in [0.4, 0.5) is 0 Å². The van der Waals surface area contributed by atoms with Gasteiger partial charge in [-0.15, -0.1) is 0 Å². The summed E-state index contributed by atoms with van der Waals surface area (Å²) in [6, 6.07) is 0.512. The lowest BCUT2D eigenvalue weighted by molar-refractivity contribution is -0.134. The Morgan fingerprint density at radius 1 is 1.15 bits per heavy atom. The average molecular weight is 280 g/mol. The summed E-state index contributed by atoms with van der Waals surface area (Å²) in [4.78, 5) is 15.0. The van der Waals surface area contributed by atoms with Crippen LogP contribution in [0.25, 0.3) is 0 Å². The monoisotopic (exact) mass is 280 g/mol. The molecule has 2 atom stereocenters. The van der Waals surface area contributed by atoms with Gasteiger partial charge in [0.15, 0.2) is 0 Å². The van der Waals surface area contributed by atoms with Crippen molar-refractivity contribution in [3.63, 3.8) is 0 Å². The number of hydrogen-bond donors (Lipinski definition) is 1.